The Morgan fingerprint density at radius 1 is 1.19 bits per heavy atom. The molecule has 3 heterocycles. The van der Waals surface area contributed by atoms with Gasteiger partial charge in [0.15, 0.2) is 17.4 Å². The van der Waals surface area contributed by atoms with Crippen molar-refractivity contribution in [3.63, 3.8) is 0 Å². The SMILES string of the molecule is CC1CCC2(CC1)N=C(N1CCN(Cc3ccc4c(c3)OCO4)CC1)NC(=O)[C@@H]2C#N. The smallest absolute Gasteiger partial charge is 0.246 e. The summed E-state index contributed by atoms with van der Waals surface area (Å²) >= 11 is 0. The van der Waals surface area contributed by atoms with Gasteiger partial charge < -0.3 is 14.4 Å². The average molecular weight is 424 g/mol. The van der Waals surface area contributed by atoms with E-state index in [4.69, 9.17) is 14.5 Å². The number of benzene rings is 1. The number of rotatable bonds is 2. The van der Waals surface area contributed by atoms with Crippen LogP contribution in [0.25, 0.3) is 0 Å². The first-order valence-corrected chi connectivity index (χ1v) is 11.2. The van der Waals surface area contributed by atoms with Crippen LogP contribution in [0.15, 0.2) is 23.2 Å². The summed E-state index contributed by atoms with van der Waals surface area (Å²) < 4.78 is 10.9. The quantitative estimate of drug-likeness (QED) is 0.784. The highest BCUT2D eigenvalue weighted by Gasteiger charge is 2.49. The van der Waals surface area contributed by atoms with Gasteiger partial charge in [0, 0.05) is 32.7 Å². The van der Waals surface area contributed by atoms with Crippen LogP contribution in [0.2, 0.25) is 0 Å². The van der Waals surface area contributed by atoms with Crippen LogP contribution in [0.3, 0.4) is 0 Å². The van der Waals surface area contributed by atoms with Gasteiger partial charge in [0.2, 0.25) is 18.7 Å². The van der Waals surface area contributed by atoms with Crippen molar-refractivity contribution in [1.82, 2.24) is 15.1 Å². The summed E-state index contributed by atoms with van der Waals surface area (Å²) in [6, 6.07) is 8.34. The number of guanidine groups is 1. The summed E-state index contributed by atoms with van der Waals surface area (Å²) in [5.74, 6) is 2.04. The number of nitrogens with one attached hydrogen (secondary N) is 1. The molecule has 1 N–H and O–H groups in total. The molecular weight excluding hydrogens is 394 g/mol. The van der Waals surface area contributed by atoms with E-state index in [9.17, 15) is 10.1 Å². The zero-order valence-electron chi connectivity index (χ0n) is 18.0. The van der Waals surface area contributed by atoms with Gasteiger partial charge in [-0.05, 0) is 49.3 Å². The topological polar surface area (TPSA) is 90.2 Å². The molecule has 0 radical (unpaired) electrons. The van der Waals surface area contributed by atoms with E-state index in [1.165, 1.54) is 5.56 Å². The molecule has 4 aliphatic rings. The third kappa shape index (κ3) is 3.83. The third-order valence-electron chi connectivity index (χ3n) is 7.15. The number of nitriles is 1. The van der Waals surface area contributed by atoms with E-state index in [1.54, 1.807) is 0 Å². The lowest BCUT2D eigenvalue weighted by Gasteiger charge is -2.44. The first-order valence-electron chi connectivity index (χ1n) is 11.2. The highest BCUT2D eigenvalue weighted by molar-refractivity contribution is 6.02. The fraction of sp³-hybridized carbons (Fsp3) is 0.609. The maximum atomic E-state index is 12.8. The van der Waals surface area contributed by atoms with Crippen LogP contribution in [-0.4, -0.2) is 60.2 Å². The number of aliphatic imine (C=N–C) groups is 1. The standard InChI is InChI=1S/C23H29N5O3/c1-16-4-6-23(7-5-16)18(13-24)21(29)25-22(26-23)28-10-8-27(9-11-28)14-17-2-3-19-20(12-17)31-15-30-19/h2-3,12,16,18H,4-11,14-15H2,1H3,(H,25,26,29)/t16?,18-,23?/m0/s1. The fourth-order valence-corrected chi connectivity index (χ4v) is 5.14. The Labute approximate surface area is 182 Å². The van der Waals surface area contributed by atoms with Crippen LogP contribution in [0.4, 0.5) is 0 Å². The van der Waals surface area contributed by atoms with Crippen molar-refractivity contribution in [2.45, 2.75) is 44.7 Å². The molecule has 1 spiro atoms. The van der Waals surface area contributed by atoms with Gasteiger partial charge in [-0.15, -0.1) is 0 Å². The van der Waals surface area contributed by atoms with Crippen LogP contribution in [-0.2, 0) is 11.3 Å². The average Bonchev–Trinajstić information content (AvgIpc) is 3.24. The van der Waals surface area contributed by atoms with Crippen molar-refractivity contribution < 1.29 is 14.3 Å². The number of nitrogens with zero attached hydrogens (tertiary/aromatic N) is 4. The lowest BCUT2D eigenvalue weighted by atomic mass is 9.70. The zero-order valence-corrected chi connectivity index (χ0v) is 18.0. The van der Waals surface area contributed by atoms with Crippen LogP contribution in [0, 0.1) is 23.2 Å². The molecule has 0 aromatic heterocycles. The molecule has 31 heavy (non-hydrogen) atoms. The van der Waals surface area contributed by atoms with E-state index in [1.807, 2.05) is 6.07 Å². The van der Waals surface area contributed by atoms with E-state index in [0.29, 0.717) is 18.7 Å². The van der Waals surface area contributed by atoms with Gasteiger partial charge in [-0.1, -0.05) is 13.0 Å². The molecule has 1 atom stereocenters. The molecule has 1 aromatic carbocycles. The predicted molar refractivity (Wildman–Crippen MR) is 114 cm³/mol. The summed E-state index contributed by atoms with van der Waals surface area (Å²) in [6.45, 7) is 6.74. The van der Waals surface area contributed by atoms with Gasteiger partial charge in [-0.3, -0.25) is 15.0 Å². The third-order valence-corrected chi connectivity index (χ3v) is 7.15. The minimum Gasteiger partial charge on any atom is -0.454 e. The van der Waals surface area contributed by atoms with Gasteiger partial charge >= 0.3 is 0 Å². The number of ether oxygens (including phenoxy) is 2. The molecule has 0 bridgehead atoms. The van der Waals surface area contributed by atoms with Crippen LogP contribution in [0.1, 0.15) is 38.2 Å². The Balaban J connectivity index is 1.25. The van der Waals surface area contributed by atoms with E-state index in [2.05, 4.69) is 40.2 Å². The number of hydrogen-bond acceptors (Lipinski definition) is 7. The molecule has 8 nitrogen and oxygen atoms in total. The Hall–Kier alpha value is -2.79. The predicted octanol–water partition coefficient (Wildman–Crippen LogP) is 2.11. The van der Waals surface area contributed by atoms with Crippen LogP contribution < -0.4 is 14.8 Å². The Morgan fingerprint density at radius 2 is 1.94 bits per heavy atom. The van der Waals surface area contributed by atoms with Gasteiger partial charge in [0.1, 0.15) is 0 Å². The number of hydrogen-bond donors (Lipinski definition) is 1. The molecular formula is C23H29N5O3. The number of fused-ring (bicyclic) bond motifs is 1. The zero-order chi connectivity index (χ0) is 21.4. The normalized spacial score (nSPS) is 30.6. The van der Waals surface area contributed by atoms with Crippen molar-refractivity contribution in [3.8, 4) is 17.6 Å². The molecule has 2 fully saturated rings. The molecule has 164 valence electrons. The molecule has 1 aliphatic carbocycles. The minimum atomic E-state index is -0.684. The molecule has 8 heteroatoms. The first-order chi connectivity index (χ1) is 15.1. The lowest BCUT2D eigenvalue weighted by molar-refractivity contribution is -0.125. The summed E-state index contributed by atoms with van der Waals surface area (Å²) in [7, 11) is 0. The van der Waals surface area contributed by atoms with Crippen LogP contribution in [0.5, 0.6) is 11.5 Å². The van der Waals surface area contributed by atoms with Crippen molar-refractivity contribution in [2.75, 3.05) is 33.0 Å². The Kier molecular flexibility index (Phi) is 5.22. The second kappa shape index (κ2) is 8.04. The molecule has 0 unspecified atom stereocenters. The molecule has 1 amide bonds. The first kappa shape index (κ1) is 20.1. The number of piperazine rings is 1. The number of amides is 1. The van der Waals surface area contributed by atoms with Crippen molar-refractivity contribution in [1.29, 1.82) is 5.26 Å². The van der Waals surface area contributed by atoms with Crippen molar-refractivity contribution in [3.05, 3.63) is 23.8 Å². The second-order valence-corrected chi connectivity index (χ2v) is 9.22. The molecule has 1 aromatic rings. The maximum absolute atomic E-state index is 12.8. The van der Waals surface area contributed by atoms with Crippen molar-refractivity contribution in [2.24, 2.45) is 16.8 Å². The minimum absolute atomic E-state index is 0.190. The molecule has 3 aliphatic heterocycles. The van der Waals surface area contributed by atoms with Gasteiger partial charge in [-0.2, -0.15) is 5.26 Å². The Bertz CT molecular complexity index is 924. The summed E-state index contributed by atoms with van der Waals surface area (Å²) in [5, 5.41) is 12.6. The fourth-order valence-electron chi connectivity index (χ4n) is 5.14. The van der Waals surface area contributed by atoms with Gasteiger partial charge in [0.25, 0.3) is 0 Å². The van der Waals surface area contributed by atoms with E-state index in [-0.39, 0.29) is 5.91 Å². The second-order valence-electron chi connectivity index (χ2n) is 9.22. The van der Waals surface area contributed by atoms with E-state index in [0.717, 1.165) is 69.9 Å². The van der Waals surface area contributed by atoms with E-state index >= 15 is 0 Å². The highest BCUT2D eigenvalue weighted by Crippen LogP contribution is 2.42. The summed E-state index contributed by atoms with van der Waals surface area (Å²) in [4.78, 5) is 22.3. The van der Waals surface area contributed by atoms with Gasteiger partial charge in [0.05, 0.1) is 11.6 Å². The van der Waals surface area contributed by atoms with Gasteiger partial charge in [-0.25, -0.2) is 4.99 Å². The summed E-state index contributed by atoms with van der Waals surface area (Å²) in [5.41, 5.74) is 0.649. The Morgan fingerprint density at radius 3 is 2.68 bits per heavy atom. The van der Waals surface area contributed by atoms with Crippen LogP contribution >= 0.6 is 0 Å². The molecule has 1 saturated carbocycles. The molecule has 1 saturated heterocycles. The number of carbonyl (C=O) groups excluding carboxylic acids is 1. The summed E-state index contributed by atoms with van der Waals surface area (Å²) in [6.07, 6.45) is 3.66. The highest BCUT2D eigenvalue weighted by atomic mass is 16.7. The largest absolute Gasteiger partial charge is 0.454 e. The lowest BCUT2D eigenvalue weighted by Crippen LogP contribution is -2.60. The van der Waals surface area contributed by atoms with E-state index < -0.39 is 11.5 Å². The van der Waals surface area contributed by atoms with Crippen molar-refractivity contribution >= 4 is 11.9 Å². The monoisotopic (exact) mass is 423 g/mol. The maximum Gasteiger partial charge on any atom is 0.246 e. The number of carbonyl (C=O) groups is 1. The molecule has 5 rings (SSSR count).